The summed E-state index contributed by atoms with van der Waals surface area (Å²) in [4.78, 5) is 0. The number of rotatable bonds is 9. The van der Waals surface area contributed by atoms with Gasteiger partial charge in [0.15, 0.2) is 0 Å². The molecule has 0 fully saturated rings. The molecule has 3 aromatic rings. The molecule has 0 aliphatic heterocycles. The normalized spacial score (nSPS) is 12.0. The first-order valence-corrected chi connectivity index (χ1v) is 10.2. The molecule has 0 radical (unpaired) electrons. The van der Waals surface area contributed by atoms with Crippen molar-refractivity contribution < 1.29 is 9.47 Å². The zero-order valence-corrected chi connectivity index (χ0v) is 17.2. The molecule has 146 valence electrons. The van der Waals surface area contributed by atoms with Crippen LogP contribution in [0.4, 0.5) is 0 Å². The zero-order chi connectivity index (χ0) is 19.8. The quantitative estimate of drug-likeness (QED) is 0.366. The number of ether oxygens (including phenoxy) is 2. The highest BCUT2D eigenvalue weighted by Crippen LogP contribution is 2.33. The molecule has 1 unspecified atom stereocenters. The van der Waals surface area contributed by atoms with Crippen molar-refractivity contribution in [3.05, 3.63) is 78.4 Å². The molecule has 0 bridgehead atoms. The fourth-order valence-electron chi connectivity index (χ4n) is 3.40. The fraction of sp³-hybridized carbons (Fsp3) is 0.308. The van der Waals surface area contributed by atoms with Gasteiger partial charge < -0.3 is 9.47 Å². The van der Waals surface area contributed by atoms with E-state index in [-0.39, 0.29) is 6.10 Å². The number of hydrogen-bond donors (Lipinski definition) is 0. The lowest BCUT2D eigenvalue weighted by molar-refractivity contribution is 0.0630. The van der Waals surface area contributed by atoms with E-state index in [0.29, 0.717) is 0 Å². The molecule has 3 rings (SSSR count). The Bertz CT molecular complexity index is 850. The second-order valence-electron chi connectivity index (χ2n) is 7.12. The van der Waals surface area contributed by atoms with Gasteiger partial charge in [0.25, 0.3) is 0 Å². The Morgan fingerprint density at radius 1 is 0.750 bits per heavy atom. The minimum Gasteiger partial charge on any atom is -0.497 e. The van der Waals surface area contributed by atoms with E-state index in [9.17, 15) is 0 Å². The van der Waals surface area contributed by atoms with E-state index in [2.05, 4.69) is 74.5 Å². The van der Waals surface area contributed by atoms with Gasteiger partial charge in [-0.2, -0.15) is 0 Å². The Morgan fingerprint density at radius 2 is 1.32 bits per heavy atom. The SMILES string of the molecule is CCCCCOC(C)c1ccc(-c2ccccc2-c2ccc(OC)cc2)cc1. The second-order valence-corrected chi connectivity index (χ2v) is 7.12. The van der Waals surface area contributed by atoms with E-state index in [1.165, 1.54) is 40.7 Å². The molecule has 0 amide bonds. The molecule has 0 saturated carbocycles. The summed E-state index contributed by atoms with van der Waals surface area (Å²) in [7, 11) is 1.69. The maximum Gasteiger partial charge on any atom is 0.118 e. The lowest BCUT2D eigenvalue weighted by atomic mass is 9.94. The molecule has 2 heteroatoms. The Kier molecular flexibility index (Phi) is 7.27. The van der Waals surface area contributed by atoms with Crippen LogP contribution in [0, 0.1) is 0 Å². The summed E-state index contributed by atoms with van der Waals surface area (Å²) in [6.07, 6.45) is 3.71. The van der Waals surface area contributed by atoms with Crippen molar-refractivity contribution in [2.45, 2.75) is 39.2 Å². The molecule has 0 N–H and O–H groups in total. The molecule has 0 saturated heterocycles. The molecule has 2 nitrogen and oxygen atoms in total. The molecule has 3 aromatic carbocycles. The average Bonchev–Trinajstić information content (AvgIpc) is 2.77. The summed E-state index contributed by atoms with van der Waals surface area (Å²) in [6, 6.07) is 25.5. The third-order valence-electron chi connectivity index (χ3n) is 5.13. The monoisotopic (exact) mass is 374 g/mol. The van der Waals surface area contributed by atoms with Crippen LogP contribution in [0.2, 0.25) is 0 Å². The summed E-state index contributed by atoms with van der Waals surface area (Å²) in [5, 5.41) is 0. The van der Waals surface area contributed by atoms with Crippen LogP contribution >= 0.6 is 0 Å². The summed E-state index contributed by atoms with van der Waals surface area (Å²) in [5.41, 5.74) is 6.08. The summed E-state index contributed by atoms with van der Waals surface area (Å²) >= 11 is 0. The van der Waals surface area contributed by atoms with Gasteiger partial charge in [0.1, 0.15) is 5.75 Å². The summed E-state index contributed by atoms with van der Waals surface area (Å²) in [6.45, 7) is 5.18. The van der Waals surface area contributed by atoms with Crippen molar-refractivity contribution >= 4 is 0 Å². The van der Waals surface area contributed by atoms with Gasteiger partial charge in [0.2, 0.25) is 0 Å². The van der Waals surface area contributed by atoms with Crippen molar-refractivity contribution in [3.8, 4) is 28.0 Å². The van der Waals surface area contributed by atoms with E-state index in [1.807, 2.05) is 12.1 Å². The van der Waals surface area contributed by atoms with Crippen LogP contribution in [0.5, 0.6) is 5.75 Å². The van der Waals surface area contributed by atoms with E-state index < -0.39 is 0 Å². The molecular weight excluding hydrogens is 344 g/mol. The summed E-state index contributed by atoms with van der Waals surface area (Å²) < 4.78 is 11.3. The smallest absolute Gasteiger partial charge is 0.118 e. The topological polar surface area (TPSA) is 18.5 Å². The van der Waals surface area contributed by atoms with Crippen LogP contribution in [-0.2, 0) is 4.74 Å². The molecule has 0 aromatic heterocycles. The standard InChI is InChI=1S/C26H30O2/c1-4-5-8-19-28-20(2)21-11-13-22(14-12-21)25-9-6-7-10-26(25)23-15-17-24(27-3)18-16-23/h6-7,9-18,20H,4-5,8,19H2,1-3H3. The second kappa shape index (κ2) is 10.1. The largest absolute Gasteiger partial charge is 0.497 e. The van der Waals surface area contributed by atoms with Crippen molar-refractivity contribution in [1.82, 2.24) is 0 Å². The predicted octanol–water partition coefficient (Wildman–Crippen LogP) is 7.30. The lowest BCUT2D eigenvalue weighted by Gasteiger charge is -2.15. The lowest BCUT2D eigenvalue weighted by Crippen LogP contribution is -2.01. The zero-order valence-electron chi connectivity index (χ0n) is 17.2. The Hall–Kier alpha value is -2.58. The van der Waals surface area contributed by atoms with Crippen LogP contribution in [0.1, 0.15) is 44.8 Å². The van der Waals surface area contributed by atoms with Gasteiger partial charge in [0, 0.05) is 6.61 Å². The van der Waals surface area contributed by atoms with Crippen molar-refractivity contribution in [2.24, 2.45) is 0 Å². The van der Waals surface area contributed by atoms with Gasteiger partial charge in [-0.3, -0.25) is 0 Å². The highest BCUT2D eigenvalue weighted by atomic mass is 16.5. The van der Waals surface area contributed by atoms with Crippen LogP contribution < -0.4 is 4.74 Å². The highest BCUT2D eigenvalue weighted by molar-refractivity contribution is 5.83. The van der Waals surface area contributed by atoms with Crippen LogP contribution in [0.25, 0.3) is 22.3 Å². The number of methoxy groups -OCH3 is 1. The van der Waals surface area contributed by atoms with Crippen molar-refractivity contribution in [2.75, 3.05) is 13.7 Å². The molecule has 28 heavy (non-hydrogen) atoms. The van der Waals surface area contributed by atoms with E-state index in [1.54, 1.807) is 7.11 Å². The number of hydrogen-bond acceptors (Lipinski definition) is 2. The average molecular weight is 375 g/mol. The van der Waals surface area contributed by atoms with E-state index in [4.69, 9.17) is 9.47 Å². The van der Waals surface area contributed by atoms with Gasteiger partial charge in [-0.1, -0.05) is 80.4 Å². The first-order chi connectivity index (χ1) is 13.7. The van der Waals surface area contributed by atoms with Crippen LogP contribution in [0.3, 0.4) is 0 Å². The van der Waals surface area contributed by atoms with Gasteiger partial charge in [-0.05, 0) is 53.3 Å². The maximum atomic E-state index is 5.98. The minimum atomic E-state index is 0.128. The van der Waals surface area contributed by atoms with Gasteiger partial charge in [-0.15, -0.1) is 0 Å². The molecule has 0 heterocycles. The fourth-order valence-corrected chi connectivity index (χ4v) is 3.40. The number of benzene rings is 3. The Morgan fingerprint density at radius 3 is 1.86 bits per heavy atom. The first-order valence-electron chi connectivity index (χ1n) is 10.2. The highest BCUT2D eigenvalue weighted by Gasteiger charge is 2.09. The van der Waals surface area contributed by atoms with Gasteiger partial charge in [0.05, 0.1) is 13.2 Å². The van der Waals surface area contributed by atoms with Crippen molar-refractivity contribution in [3.63, 3.8) is 0 Å². The maximum absolute atomic E-state index is 5.98. The third kappa shape index (κ3) is 5.02. The Labute approximate surface area is 169 Å². The van der Waals surface area contributed by atoms with Gasteiger partial charge >= 0.3 is 0 Å². The molecule has 1 atom stereocenters. The van der Waals surface area contributed by atoms with Crippen LogP contribution in [-0.4, -0.2) is 13.7 Å². The molecular formula is C26H30O2. The minimum absolute atomic E-state index is 0.128. The van der Waals surface area contributed by atoms with E-state index in [0.717, 1.165) is 18.8 Å². The first kappa shape index (κ1) is 20.2. The van der Waals surface area contributed by atoms with Gasteiger partial charge in [-0.25, -0.2) is 0 Å². The molecule has 0 aliphatic carbocycles. The summed E-state index contributed by atoms with van der Waals surface area (Å²) in [5.74, 6) is 0.874. The number of unbranched alkanes of at least 4 members (excludes halogenated alkanes) is 2. The predicted molar refractivity (Wildman–Crippen MR) is 118 cm³/mol. The van der Waals surface area contributed by atoms with Crippen molar-refractivity contribution in [1.29, 1.82) is 0 Å². The van der Waals surface area contributed by atoms with Crippen LogP contribution in [0.15, 0.2) is 72.8 Å². The molecule has 0 spiro atoms. The third-order valence-corrected chi connectivity index (χ3v) is 5.13. The van der Waals surface area contributed by atoms with E-state index >= 15 is 0 Å². The Balaban J connectivity index is 1.78. The molecule has 0 aliphatic rings.